The van der Waals surface area contributed by atoms with Crippen LogP contribution in [0, 0.1) is 0 Å². The molecule has 1 aromatic heterocycles. The molecular weight excluding hydrogens is 188 g/mol. The summed E-state index contributed by atoms with van der Waals surface area (Å²) < 4.78 is 2.25. The maximum Gasteiger partial charge on any atom is 0.122 e. The molecule has 0 saturated heterocycles. The predicted octanol–water partition coefficient (Wildman–Crippen LogP) is 0.697. The lowest BCUT2D eigenvalue weighted by atomic mass is 10.2. The fraction of sp³-hybridized carbons (Fsp3) is 0.727. The summed E-state index contributed by atoms with van der Waals surface area (Å²) in [6, 6.07) is 0.603. The molecule has 0 bridgehead atoms. The van der Waals surface area contributed by atoms with Gasteiger partial charge in [-0.1, -0.05) is 0 Å². The minimum atomic E-state index is 0.603. The number of imidazole rings is 1. The Balaban J connectivity index is 1.82. The summed E-state index contributed by atoms with van der Waals surface area (Å²) >= 11 is 0. The number of hydrogen-bond acceptors (Lipinski definition) is 3. The van der Waals surface area contributed by atoms with Gasteiger partial charge in [-0.2, -0.15) is 0 Å². The van der Waals surface area contributed by atoms with Gasteiger partial charge in [0.25, 0.3) is 0 Å². The summed E-state index contributed by atoms with van der Waals surface area (Å²) in [5.41, 5.74) is 0. The van der Waals surface area contributed by atoms with Crippen LogP contribution in [0.15, 0.2) is 12.4 Å². The normalized spacial score (nSPS) is 18.8. The van der Waals surface area contributed by atoms with E-state index < -0.39 is 0 Å². The van der Waals surface area contributed by atoms with Gasteiger partial charge in [0.15, 0.2) is 0 Å². The Hall–Kier alpha value is -0.870. The van der Waals surface area contributed by atoms with Crippen molar-refractivity contribution < 1.29 is 0 Å². The lowest BCUT2D eigenvalue weighted by Gasteiger charge is -2.28. The number of nitrogens with one attached hydrogen (secondary N) is 1. The Labute approximate surface area is 91.3 Å². The van der Waals surface area contributed by atoms with Crippen LogP contribution in [0.4, 0.5) is 0 Å². The molecule has 1 aliphatic heterocycles. The van der Waals surface area contributed by atoms with Crippen molar-refractivity contribution in [1.29, 1.82) is 0 Å². The van der Waals surface area contributed by atoms with E-state index in [0.29, 0.717) is 6.04 Å². The summed E-state index contributed by atoms with van der Waals surface area (Å²) in [5.74, 6) is 1.21. The van der Waals surface area contributed by atoms with E-state index in [0.717, 1.165) is 26.2 Å². The molecule has 1 unspecified atom stereocenters. The van der Waals surface area contributed by atoms with E-state index in [1.165, 1.54) is 12.2 Å². The van der Waals surface area contributed by atoms with Crippen LogP contribution in [0.2, 0.25) is 0 Å². The average molecular weight is 208 g/mol. The van der Waals surface area contributed by atoms with Crippen molar-refractivity contribution in [2.45, 2.75) is 32.5 Å². The molecule has 2 heterocycles. The van der Waals surface area contributed by atoms with Crippen molar-refractivity contribution in [3.63, 3.8) is 0 Å². The minimum absolute atomic E-state index is 0.603. The third-order valence-corrected chi connectivity index (χ3v) is 3.20. The van der Waals surface area contributed by atoms with E-state index in [1.807, 2.05) is 13.2 Å². The van der Waals surface area contributed by atoms with Gasteiger partial charge in [0, 0.05) is 38.1 Å². The third kappa shape index (κ3) is 2.58. The SMILES string of the molecule is CNC(C)CCN1CCn2ccnc2C1. The molecule has 0 saturated carbocycles. The number of fused-ring (bicyclic) bond motifs is 1. The van der Waals surface area contributed by atoms with Crippen LogP contribution in [0.5, 0.6) is 0 Å². The molecule has 0 aromatic carbocycles. The van der Waals surface area contributed by atoms with Gasteiger partial charge in [0.05, 0.1) is 6.54 Å². The fourth-order valence-electron chi connectivity index (χ4n) is 1.93. The lowest BCUT2D eigenvalue weighted by Crippen LogP contribution is -2.36. The maximum atomic E-state index is 4.36. The summed E-state index contributed by atoms with van der Waals surface area (Å²) in [6.45, 7) is 6.63. The molecule has 0 amide bonds. The van der Waals surface area contributed by atoms with Gasteiger partial charge in [-0.25, -0.2) is 4.98 Å². The molecule has 1 aromatic rings. The predicted molar refractivity (Wildman–Crippen MR) is 60.6 cm³/mol. The first-order valence-electron chi connectivity index (χ1n) is 5.69. The second kappa shape index (κ2) is 4.77. The topological polar surface area (TPSA) is 33.1 Å². The first-order chi connectivity index (χ1) is 7.29. The molecule has 4 nitrogen and oxygen atoms in total. The largest absolute Gasteiger partial charge is 0.333 e. The van der Waals surface area contributed by atoms with Crippen molar-refractivity contribution in [2.24, 2.45) is 0 Å². The van der Waals surface area contributed by atoms with Crippen LogP contribution in [0.1, 0.15) is 19.2 Å². The smallest absolute Gasteiger partial charge is 0.122 e. The van der Waals surface area contributed by atoms with Gasteiger partial charge < -0.3 is 9.88 Å². The monoisotopic (exact) mass is 208 g/mol. The molecule has 1 N–H and O–H groups in total. The van der Waals surface area contributed by atoms with E-state index >= 15 is 0 Å². The number of aromatic nitrogens is 2. The molecule has 1 atom stereocenters. The molecule has 0 fully saturated rings. The lowest BCUT2D eigenvalue weighted by molar-refractivity contribution is 0.208. The van der Waals surface area contributed by atoms with Gasteiger partial charge in [0.1, 0.15) is 5.82 Å². The Morgan fingerprint density at radius 3 is 3.20 bits per heavy atom. The van der Waals surface area contributed by atoms with Crippen LogP contribution in [0.25, 0.3) is 0 Å². The molecule has 15 heavy (non-hydrogen) atoms. The molecule has 0 spiro atoms. The van der Waals surface area contributed by atoms with E-state index in [2.05, 4.69) is 32.9 Å². The van der Waals surface area contributed by atoms with Crippen LogP contribution in [-0.4, -0.2) is 40.6 Å². The van der Waals surface area contributed by atoms with Crippen LogP contribution in [-0.2, 0) is 13.1 Å². The second-order valence-electron chi connectivity index (χ2n) is 4.29. The minimum Gasteiger partial charge on any atom is -0.333 e. The van der Waals surface area contributed by atoms with Gasteiger partial charge >= 0.3 is 0 Å². The van der Waals surface area contributed by atoms with Gasteiger partial charge in [-0.05, 0) is 20.4 Å². The summed E-state index contributed by atoms with van der Waals surface area (Å²) in [5, 5.41) is 3.27. The van der Waals surface area contributed by atoms with Crippen LogP contribution >= 0.6 is 0 Å². The number of nitrogens with zero attached hydrogens (tertiary/aromatic N) is 3. The van der Waals surface area contributed by atoms with E-state index in [-0.39, 0.29) is 0 Å². The van der Waals surface area contributed by atoms with E-state index in [4.69, 9.17) is 0 Å². The van der Waals surface area contributed by atoms with Crippen LogP contribution in [0.3, 0.4) is 0 Å². The number of hydrogen-bond donors (Lipinski definition) is 1. The Morgan fingerprint density at radius 1 is 1.53 bits per heavy atom. The van der Waals surface area contributed by atoms with Gasteiger partial charge in [-0.3, -0.25) is 4.90 Å². The highest BCUT2D eigenvalue weighted by Gasteiger charge is 2.16. The van der Waals surface area contributed by atoms with Crippen molar-refractivity contribution in [3.8, 4) is 0 Å². The van der Waals surface area contributed by atoms with Crippen molar-refractivity contribution in [1.82, 2.24) is 19.8 Å². The first kappa shape index (κ1) is 10.6. The van der Waals surface area contributed by atoms with Gasteiger partial charge in [0.2, 0.25) is 0 Å². The summed E-state index contributed by atoms with van der Waals surface area (Å²) in [7, 11) is 2.02. The maximum absolute atomic E-state index is 4.36. The quantitative estimate of drug-likeness (QED) is 0.790. The zero-order valence-electron chi connectivity index (χ0n) is 9.61. The number of rotatable bonds is 4. The third-order valence-electron chi connectivity index (χ3n) is 3.20. The molecule has 2 rings (SSSR count). The fourth-order valence-corrected chi connectivity index (χ4v) is 1.93. The average Bonchev–Trinajstić information content (AvgIpc) is 2.72. The standard InChI is InChI=1S/C11H20N4/c1-10(12-2)3-5-14-7-8-15-6-4-13-11(15)9-14/h4,6,10,12H,3,5,7-9H2,1-2H3. The molecular formula is C11H20N4. The van der Waals surface area contributed by atoms with Gasteiger partial charge in [-0.15, -0.1) is 0 Å². The summed E-state index contributed by atoms with van der Waals surface area (Å²) in [4.78, 5) is 6.84. The van der Waals surface area contributed by atoms with Crippen molar-refractivity contribution in [2.75, 3.05) is 20.1 Å². The van der Waals surface area contributed by atoms with E-state index in [9.17, 15) is 0 Å². The molecule has 0 radical (unpaired) electrons. The van der Waals surface area contributed by atoms with Crippen LogP contribution < -0.4 is 5.32 Å². The first-order valence-corrected chi connectivity index (χ1v) is 5.69. The Morgan fingerprint density at radius 2 is 2.40 bits per heavy atom. The van der Waals surface area contributed by atoms with Crippen molar-refractivity contribution >= 4 is 0 Å². The Bertz CT molecular complexity index is 307. The Kier molecular flexibility index (Phi) is 3.38. The zero-order chi connectivity index (χ0) is 10.7. The molecule has 4 heteroatoms. The molecule has 84 valence electrons. The molecule has 1 aliphatic rings. The molecule has 0 aliphatic carbocycles. The second-order valence-corrected chi connectivity index (χ2v) is 4.29. The highest BCUT2D eigenvalue weighted by Crippen LogP contribution is 2.10. The highest BCUT2D eigenvalue weighted by atomic mass is 15.2. The van der Waals surface area contributed by atoms with Crippen molar-refractivity contribution in [3.05, 3.63) is 18.2 Å². The zero-order valence-corrected chi connectivity index (χ0v) is 9.61. The van der Waals surface area contributed by atoms with E-state index in [1.54, 1.807) is 0 Å². The highest BCUT2D eigenvalue weighted by molar-refractivity contribution is 4.95. The summed E-state index contributed by atoms with van der Waals surface area (Å²) in [6.07, 6.45) is 5.18.